The summed E-state index contributed by atoms with van der Waals surface area (Å²) in [6.45, 7) is 6.00. The summed E-state index contributed by atoms with van der Waals surface area (Å²) in [6, 6.07) is 23.8. The van der Waals surface area contributed by atoms with Gasteiger partial charge in [-0.1, -0.05) is 80.0 Å². The Kier molecular flexibility index (Phi) is 7.56. The summed E-state index contributed by atoms with van der Waals surface area (Å²) in [4.78, 5) is 15.7. The third-order valence-corrected chi connectivity index (χ3v) is 6.40. The van der Waals surface area contributed by atoms with Gasteiger partial charge in [-0.3, -0.25) is 4.79 Å². The summed E-state index contributed by atoms with van der Waals surface area (Å²) >= 11 is 6.39. The maximum Gasteiger partial charge on any atom is 0.227 e. The van der Waals surface area contributed by atoms with Gasteiger partial charge in [-0.25, -0.2) is 0 Å². The van der Waals surface area contributed by atoms with Crippen molar-refractivity contribution in [3.8, 4) is 5.75 Å². The number of halogens is 1. The first-order valence-electron chi connectivity index (χ1n) is 11.6. The van der Waals surface area contributed by atoms with E-state index in [2.05, 4.69) is 37.4 Å². The van der Waals surface area contributed by atoms with Gasteiger partial charge in [0.25, 0.3) is 0 Å². The topological polar surface area (TPSA) is 41.6 Å². The van der Waals surface area contributed by atoms with Crippen LogP contribution < -0.4 is 10.1 Å². The molecule has 0 spiro atoms. The molecular formula is C28H31ClN2O2. The zero-order chi connectivity index (χ0) is 23.2. The molecule has 1 aliphatic heterocycles. The van der Waals surface area contributed by atoms with Crippen LogP contribution >= 0.6 is 11.6 Å². The van der Waals surface area contributed by atoms with Crippen molar-refractivity contribution in [2.45, 2.75) is 45.8 Å². The molecule has 0 saturated carbocycles. The second kappa shape index (κ2) is 10.8. The smallest absolute Gasteiger partial charge is 0.227 e. The Morgan fingerprint density at radius 2 is 1.73 bits per heavy atom. The summed E-state index contributed by atoms with van der Waals surface area (Å²) in [5, 5.41) is 4.17. The highest BCUT2D eigenvalue weighted by Gasteiger charge is 2.27. The Morgan fingerprint density at radius 1 is 1.03 bits per heavy atom. The lowest BCUT2D eigenvalue weighted by atomic mass is 10.0. The molecule has 5 heteroatoms. The third-order valence-electron chi connectivity index (χ3n) is 6.04. The molecule has 1 heterocycles. The van der Waals surface area contributed by atoms with Crippen LogP contribution in [0.5, 0.6) is 5.75 Å². The molecule has 4 nitrogen and oxygen atoms in total. The number of amides is 1. The highest BCUT2D eigenvalue weighted by atomic mass is 35.5. The quantitative estimate of drug-likeness (QED) is 0.492. The van der Waals surface area contributed by atoms with E-state index >= 15 is 0 Å². The van der Waals surface area contributed by atoms with E-state index in [1.54, 1.807) is 0 Å². The standard InChI is InChI=1S/C28H31ClN2O2/c1-20(2)15-24-19-33-27-14-8-5-10-22(27)17-30-26-13-7-4-11-23(26)18-31(24)28(32)16-21-9-3-6-12-25(21)29/h3-14,20,24,30H,15-19H2,1-2H3/t24-/m0/s1. The fraction of sp³-hybridized carbons (Fsp3) is 0.321. The predicted octanol–water partition coefficient (Wildman–Crippen LogP) is 6.33. The van der Waals surface area contributed by atoms with Gasteiger partial charge in [-0.05, 0) is 41.7 Å². The second-order valence-electron chi connectivity index (χ2n) is 9.00. The zero-order valence-corrected chi connectivity index (χ0v) is 20.0. The van der Waals surface area contributed by atoms with Crippen LogP contribution in [0.3, 0.4) is 0 Å². The van der Waals surface area contributed by atoms with E-state index in [9.17, 15) is 4.79 Å². The van der Waals surface area contributed by atoms with E-state index in [1.807, 2.05) is 59.5 Å². The molecule has 1 aliphatic rings. The van der Waals surface area contributed by atoms with Gasteiger partial charge in [-0.15, -0.1) is 0 Å². The Labute approximate surface area is 201 Å². The van der Waals surface area contributed by atoms with Crippen molar-refractivity contribution in [1.29, 1.82) is 0 Å². The Morgan fingerprint density at radius 3 is 2.52 bits per heavy atom. The Balaban J connectivity index is 1.72. The van der Waals surface area contributed by atoms with E-state index in [-0.39, 0.29) is 18.4 Å². The average molecular weight is 463 g/mol. The van der Waals surface area contributed by atoms with Gasteiger partial charge < -0.3 is 15.0 Å². The normalized spacial score (nSPS) is 16.1. The molecule has 3 aromatic carbocycles. The number of hydrogen-bond donors (Lipinski definition) is 1. The minimum absolute atomic E-state index is 0.0553. The first kappa shape index (κ1) is 23.2. The fourth-order valence-corrected chi connectivity index (χ4v) is 4.54. The van der Waals surface area contributed by atoms with Crippen molar-refractivity contribution < 1.29 is 9.53 Å². The first-order valence-corrected chi connectivity index (χ1v) is 11.9. The van der Waals surface area contributed by atoms with Crippen LogP contribution in [0.25, 0.3) is 0 Å². The summed E-state index contributed by atoms with van der Waals surface area (Å²) in [5.74, 6) is 1.33. The molecule has 1 atom stereocenters. The number of benzene rings is 3. The zero-order valence-electron chi connectivity index (χ0n) is 19.3. The van der Waals surface area contributed by atoms with E-state index < -0.39 is 0 Å². The number of hydrogen-bond acceptors (Lipinski definition) is 3. The van der Waals surface area contributed by atoms with Gasteiger partial charge in [0.05, 0.1) is 12.5 Å². The van der Waals surface area contributed by atoms with Gasteiger partial charge in [0.1, 0.15) is 12.4 Å². The first-order chi connectivity index (χ1) is 16.0. The van der Waals surface area contributed by atoms with Crippen LogP contribution in [-0.4, -0.2) is 23.5 Å². The van der Waals surface area contributed by atoms with Gasteiger partial charge >= 0.3 is 0 Å². The molecule has 172 valence electrons. The predicted molar refractivity (Wildman–Crippen MR) is 135 cm³/mol. The monoisotopic (exact) mass is 462 g/mol. The molecule has 3 aromatic rings. The fourth-order valence-electron chi connectivity index (χ4n) is 4.34. The number of carbonyl (C=O) groups excluding carboxylic acids is 1. The van der Waals surface area contributed by atoms with Gasteiger partial charge in [0.15, 0.2) is 0 Å². The van der Waals surface area contributed by atoms with Crippen LogP contribution in [0, 0.1) is 5.92 Å². The summed E-state index contributed by atoms with van der Waals surface area (Å²) < 4.78 is 6.33. The van der Waals surface area contributed by atoms with Crippen LogP contribution in [0.1, 0.15) is 37.0 Å². The molecule has 33 heavy (non-hydrogen) atoms. The van der Waals surface area contributed by atoms with Crippen molar-refractivity contribution in [2.24, 2.45) is 5.92 Å². The molecule has 1 amide bonds. The molecule has 0 radical (unpaired) electrons. The number of fused-ring (bicyclic) bond motifs is 2. The van der Waals surface area contributed by atoms with E-state index in [1.165, 1.54) is 0 Å². The summed E-state index contributed by atoms with van der Waals surface area (Å²) in [6.07, 6.45) is 1.12. The highest BCUT2D eigenvalue weighted by Crippen LogP contribution is 2.27. The van der Waals surface area contributed by atoms with Crippen molar-refractivity contribution in [2.75, 3.05) is 11.9 Å². The van der Waals surface area contributed by atoms with E-state index in [0.29, 0.717) is 30.6 Å². The van der Waals surface area contributed by atoms with Crippen molar-refractivity contribution in [1.82, 2.24) is 4.90 Å². The number of anilines is 1. The maximum atomic E-state index is 13.7. The molecule has 0 bridgehead atoms. The average Bonchev–Trinajstić information content (AvgIpc) is 2.83. The summed E-state index contributed by atoms with van der Waals surface area (Å²) in [5.41, 5.74) is 4.08. The van der Waals surface area contributed by atoms with Crippen LogP contribution in [0.4, 0.5) is 5.69 Å². The van der Waals surface area contributed by atoms with E-state index in [4.69, 9.17) is 16.3 Å². The lowest BCUT2D eigenvalue weighted by Gasteiger charge is -2.33. The van der Waals surface area contributed by atoms with E-state index in [0.717, 1.165) is 34.5 Å². The molecule has 0 fully saturated rings. The second-order valence-corrected chi connectivity index (χ2v) is 9.41. The van der Waals surface area contributed by atoms with Crippen LogP contribution in [0.15, 0.2) is 72.8 Å². The number of nitrogens with one attached hydrogen (secondary N) is 1. The number of ether oxygens (including phenoxy) is 1. The lowest BCUT2D eigenvalue weighted by molar-refractivity contribution is -0.134. The van der Waals surface area contributed by atoms with Crippen molar-refractivity contribution in [3.05, 3.63) is 94.5 Å². The molecule has 0 aliphatic carbocycles. The molecule has 0 unspecified atom stereocenters. The largest absolute Gasteiger partial charge is 0.491 e. The number of nitrogens with zero attached hydrogens (tertiary/aromatic N) is 1. The van der Waals surface area contributed by atoms with Gasteiger partial charge in [-0.2, -0.15) is 0 Å². The van der Waals surface area contributed by atoms with Gasteiger partial charge in [0.2, 0.25) is 5.91 Å². The van der Waals surface area contributed by atoms with Gasteiger partial charge in [0, 0.05) is 29.4 Å². The minimum atomic E-state index is -0.0563. The Bertz CT molecular complexity index is 1100. The minimum Gasteiger partial charge on any atom is -0.491 e. The molecule has 1 N–H and O–H groups in total. The SMILES string of the molecule is CC(C)C[C@H]1COc2ccccc2CNc2ccccc2CN1C(=O)Cc1ccccc1Cl. The molecule has 0 aromatic heterocycles. The van der Waals surface area contributed by atoms with Crippen molar-refractivity contribution in [3.63, 3.8) is 0 Å². The number of carbonyl (C=O) groups is 1. The summed E-state index contributed by atoms with van der Waals surface area (Å²) in [7, 11) is 0. The maximum absolute atomic E-state index is 13.7. The third kappa shape index (κ3) is 5.88. The highest BCUT2D eigenvalue weighted by molar-refractivity contribution is 6.31. The lowest BCUT2D eigenvalue weighted by Crippen LogP contribution is -2.44. The van der Waals surface area contributed by atoms with Crippen LogP contribution in [0.2, 0.25) is 5.02 Å². The van der Waals surface area contributed by atoms with Crippen LogP contribution in [-0.2, 0) is 24.3 Å². The Hall–Kier alpha value is -2.98. The number of rotatable bonds is 4. The number of para-hydroxylation sites is 2. The molecular weight excluding hydrogens is 432 g/mol. The molecule has 0 saturated heterocycles. The van der Waals surface area contributed by atoms with Crippen molar-refractivity contribution >= 4 is 23.2 Å². The molecule has 4 rings (SSSR count).